The van der Waals surface area contributed by atoms with Crippen molar-refractivity contribution in [3.05, 3.63) is 52.2 Å². The van der Waals surface area contributed by atoms with E-state index in [2.05, 4.69) is 54.5 Å². The molecule has 0 radical (unpaired) electrons. The minimum absolute atomic E-state index is 0.0690. The molecule has 0 saturated heterocycles. The molecule has 11 heteroatoms. The molecule has 0 spiro atoms. The van der Waals surface area contributed by atoms with E-state index < -0.39 is 34.6 Å². The van der Waals surface area contributed by atoms with Crippen LogP contribution in [0, 0.1) is 50.7 Å². The van der Waals surface area contributed by atoms with Crippen LogP contribution < -0.4 is 10.2 Å². The Bertz CT molecular complexity index is 2340. The normalized spacial score (nSPS) is 33.8. The van der Waals surface area contributed by atoms with Crippen LogP contribution in [0.25, 0.3) is 22.3 Å². The Hall–Kier alpha value is -4.51. The fraction of sp³-hybridized carbons (Fsp3) is 0.620. The van der Waals surface area contributed by atoms with E-state index in [0.717, 1.165) is 43.9 Å². The first-order valence-electron chi connectivity index (χ1n) is 22.3. The predicted octanol–water partition coefficient (Wildman–Crippen LogP) is 10.3. The van der Waals surface area contributed by atoms with Gasteiger partial charge in [-0.15, -0.1) is 0 Å². The van der Waals surface area contributed by atoms with Crippen molar-refractivity contribution < 1.29 is 48.6 Å². The summed E-state index contributed by atoms with van der Waals surface area (Å²) in [5.74, 6) is -1.78. The third-order valence-corrected chi connectivity index (χ3v) is 17.3. The van der Waals surface area contributed by atoms with Crippen LogP contribution in [-0.4, -0.2) is 51.7 Å². The minimum atomic E-state index is -0.935. The molecular weight excluding hydrogens is 777 g/mol. The number of methoxy groups -OCH3 is 1. The lowest BCUT2D eigenvalue weighted by Crippen LogP contribution is -2.58. The molecule has 5 aliphatic carbocycles. The molecule has 4 fully saturated rings. The zero-order valence-corrected chi connectivity index (χ0v) is 37.1. The zero-order valence-electron chi connectivity index (χ0n) is 37.1. The number of carbonyl (C=O) groups excluding carboxylic acids is 2. The number of hydrogen-bond donors (Lipinski definition) is 4. The summed E-state index contributed by atoms with van der Waals surface area (Å²) in [6, 6.07) is 5.82. The summed E-state index contributed by atoms with van der Waals surface area (Å²) in [5.41, 5.74) is 1.18. The van der Waals surface area contributed by atoms with Crippen LogP contribution in [-0.2, 0) is 19.1 Å². The highest BCUT2D eigenvalue weighted by Gasteiger charge is 2.63. The molecule has 4 saturated carbocycles. The summed E-state index contributed by atoms with van der Waals surface area (Å²) >= 11 is 0. The summed E-state index contributed by atoms with van der Waals surface area (Å²) in [7, 11) is 1.89. The molecular formula is C50H64O11. The highest BCUT2D eigenvalue weighted by molar-refractivity contribution is 5.88. The Kier molecular flexibility index (Phi) is 10.7. The van der Waals surface area contributed by atoms with Crippen LogP contribution in [0.3, 0.4) is 0 Å². The Labute approximate surface area is 358 Å². The summed E-state index contributed by atoms with van der Waals surface area (Å²) in [6.45, 7) is 17.2. The topological polar surface area (TPSA) is 173 Å². The smallest absolute Gasteiger partial charge is 0.311 e. The molecule has 0 bridgehead atoms. The Morgan fingerprint density at radius 3 is 2.16 bits per heavy atom. The van der Waals surface area contributed by atoms with Gasteiger partial charge in [-0.3, -0.25) is 14.4 Å². The number of ether oxygens (including phenoxy) is 3. The number of benzene rings is 2. The minimum Gasteiger partial charge on any atom is -0.508 e. The van der Waals surface area contributed by atoms with Crippen molar-refractivity contribution in [3.63, 3.8) is 0 Å². The second-order valence-corrected chi connectivity index (χ2v) is 21.2. The lowest BCUT2D eigenvalue weighted by Gasteiger charge is -2.64. The van der Waals surface area contributed by atoms with Crippen LogP contribution >= 0.6 is 0 Å². The lowest BCUT2D eigenvalue weighted by molar-refractivity contribution is -0.178. The maximum absolute atomic E-state index is 13.4. The third-order valence-electron chi connectivity index (χ3n) is 17.3. The van der Waals surface area contributed by atoms with E-state index in [1.165, 1.54) is 50.7 Å². The van der Waals surface area contributed by atoms with Crippen molar-refractivity contribution in [2.45, 2.75) is 138 Å². The van der Waals surface area contributed by atoms with Crippen molar-refractivity contribution >= 4 is 22.9 Å². The van der Waals surface area contributed by atoms with E-state index in [-0.39, 0.29) is 74.4 Å². The van der Waals surface area contributed by atoms with Crippen molar-refractivity contribution in [3.8, 4) is 40.1 Å². The fourth-order valence-electron chi connectivity index (χ4n) is 14.4. The number of aromatic hydroxyl groups is 4. The maximum Gasteiger partial charge on any atom is 0.311 e. The van der Waals surface area contributed by atoms with Gasteiger partial charge in [0, 0.05) is 30.2 Å². The van der Waals surface area contributed by atoms with Gasteiger partial charge in [0.25, 0.3) is 0 Å². The third kappa shape index (κ3) is 7.01. The van der Waals surface area contributed by atoms with Crippen molar-refractivity contribution in [2.75, 3.05) is 7.11 Å². The maximum atomic E-state index is 13.4. The number of fused-ring (bicyclic) bond motifs is 7. The van der Waals surface area contributed by atoms with Gasteiger partial charge in [0.05, 0.1) is 18.9 Å². The van der Waals surface area contributed by atoms with E-state index in [4.69, 9.17) is 18.6 Å². The molecule has 11 nitrogen and oxygen atoms in total. The first-order valence-corrected chi connectivity index (χ1v) is 22.3. The van der Waals surface area contributed by atoms with E-state index in [0.29, 0.717) is 35.2 Å². The van der Waals surface area contributed by atoms with Crippen LogP contribution in [0.4, 0.5) is 0 Å². The number of carbonyl (C=O) groups is 2. The molecule has 330 valence electrons. The standard InChI is InChI=1S/C50H64O11/c1-46(2)36-17-20-48(5)26-28-10-13-35-47(3,4)39(19-21-49(35,6)30(28)11-14-37(48)50(36,7)22-18-38(46)58-8)61-41(55)16-15-40(54)59-33-12-9-27(23-31(33)52)45-44(57)43(56)42-32(53)24-29(51)25-34(42)60-45/h9-10,12,23-25,30,35-39,51-53,57H,11,13-22,26H2,1-8H3/t30-,35-,36-,37-,38+,39+,48-,49+,50-/m0/s1. The molecule has 9 atom stereocenters. The molecule has 2 aromatic carbocycles. The van der Waals surface area contributed by atoms with Crippen LogP contribution in [0.5, 0.6) is 28.7 Å². The molecule has 8 rings (SSSR count). The van der Waals surface area contributed by atoms with Crippen LogP contribution in [0.15, 0.2) is 51.2 Å². The average molecular weight is 841 g/mol. The quantitative estimate of drug-likeness (QED) is 0.101. The van der Waals surface area contributed by atoms with Gasteiger partial charge >= 0.3 is 11.9 Å². The molecule has 0 unspecified atom stereocenters. The molecule has 0 amide bonds. The van der Waals surface area contributed by atoms with E-state index >= 15 is 0 Å². The molecule has 4 N–H and O–H groups in total. The van der Waals surface area contributed by atoms with Gasteiger partial charge in [0.1, 0.15) is 28.6 Å². The SMILES string of the molecule is CO[C@@H]1CC[C@@]2(C)[C@@H](CC[C@@]3(C)CC4=CC[C@H]5C(C)(C)[C@H](OC(=O)CCC(=O)Oc6ccc(-c7oc8cc(O)cc(O)c8c(=O)c7O)cc6O)CC[C@]5(C)[C@H]4CC[C@@H]32)C1(C)C. The summed E-state index contributed by atoms with van der Waals surface area (Å²) in [6.07, 6.45) is 13.4. The predicted molar refractivity (Wildman–Crippen MR) is 230 cm³/mol. The number of rotatable bonds is 7. The van der Waals surface area contributed by atoms with Crippen LogP contribution in [0.1, 0.15) is 126 Å². The lowest BCUT2D eigenvalue weighted by atomic mass is 9.42. The largest absolute Gasteiger partial charge is 0.508 e. The molecule has 1 heterocycles. The van der Waals surface area contributed by atoms with E-state index in [9.17, 15) is 34.8 Å². The summed E-state index contributed by atoms with van der Waals surface area (Å²) in [4.78, 5) is 39.0. The second-order valence-electron chi connectivity index (χ2n) is 21.2. The highest BCUT2D eigenvalue weighted by Crippen LogP contribution is 2.70. The van der Waals surface area contributed by atoms with Gasteiger partial charge in [-0.1, -0.05) is 60.1 Å². The van der Waals surface area contributed by atoms with Crippen molar-refractivity contribution in [2.24, 2.45) is 50.7 Å². The summed E-state index contributed by atoms with van der Waals surface area (Å²) < 4.78 is 23.3. The first kappa shape index (κ1) is 43.2. The van der Waals surface area contributed by atoms with Gasteiger partial charge < -0.3 is 39.1 Å². The highest BCUT2D eigenvalue weighted by atomic mass is 16.6. The van der Waals surface area contributed by atoms with E-state index in [1.54, 1.807) is 5.57 Å². The van der Waals surface area contributed by atoms with Crippen molar-refractivity contribution in [1.82, 2.24) is 0 Å². The van der Waals surface area contributed by atoms with Crippen molar-refractivity contribution in [1.29, 1.82) is 0 Å². The number of hydrogen-bond acceptors (Lipinski definition) is 11. The molecule has 3 aromatic rings. The fourth-order valence-corrected chi connectivity index (χ4v) is 14.4. The van der Waals surface area contributed by atoms with Gasteiger partial charge in [0.15, 0.2) is 17.3 Å². The number of phenolic OH excluding ortho intramolecular Hbond substituents is 3. The Morgan fingerprint density at radius 1 is 0.754 bits per heavy atom. The monoisotopic (exact) mass is 840 g/mol. The van der Waals surface area contributed by atoms with Gasteiger partial charge in [-0.25, -0.2) is 0 Å². The Balaban J connectivity index is 0.898. The molecule has 1 aromatic heterocycles. The molecule has 5 aliphatic rings. The molecule has 0 aliphatic heterocycles. The summed E-state index contributed by atoms with van der Waals surface area (Å²) in [5, 5.41) is 40.9. The van der Waals surface area contributed by atoms with Gasteiger partial charge in [-0.2, -0.15) is 0 Å². The number of allylic oxidation sites excluding steroid dienone is 2. The van der Waals surface area contributed by atoms with E-state index in [1.807, 2.05) is 7.11 Å². The van der Waals surface area contributed by atoms with Gasteiger partial charge in [-0.05, 0) is 128 Å². The number of esters is 2. The Morgan fingerprint density at radius 2 is 1.44 bits per heavy atom. The zero-order chi connectivity index (χ0) is 44.0. The number of phenols is 3. The van der Waals surface area contributed by atoms with Crippen LogP contribution in [0.2, 0.25) is 0 Å². The first-order chi connectivity index (χ1) is 28.6. The molecule has 61 heavy (non-hydrogen) atoms. The van der Waals surface area contributed by atoms with Gasteiger partial charge in [0.2, 0.25) is 11.2 Å². The average Bonchev–Trinajstić information content (AvgIpc) is 3.34. The second kappa shape index (κ2) is 15.1.